The van der Waals surface area contributed by atoms with Crippen LogP contribution in [0.2, 0.25) is 0 Å². The molecule has 6 rings (SSSR count). The van der Waals surface area contributed by atoms with Crippen molar-refractivity contribution in [2.24, 2.45) is 0 Å². The molecule has 0 unspecified atom stereocenters. The molecule has 1 aliphatic carbocycles. The number of anilines is 2. The van der Waals surface area contributed by atoms with Crippen molar-refractivity contribution in [3.8, 4) is 11.1 Å². The number of carbonyl (C=O) groups excluding carboxylic acids is 2. The number of nitrogens with one attached hydrogen (secondary N) is 3. The fraction of sp³-hybridized carbons (Fsp3) is 0.280. The molecular weight excluding hydrogens is 460 g/mol. The minimum absolute atomic E-state index is 0.0397. The third kappa shape index (κ3) is 4.08. The third-order valence-electron chi connectivity index (χ3n) is 6.29. The van der Waals surface area contributed by atoms with Crippen LogP contribution in [0.3, 0.4) is 0 Å². The number of aromatic nitrogens is 5. The third-order valence-corrected chi connectivity index (χ3v) is 6.29. The van der Waals surface area contributed by atoms with Crippen LogP contribution in [0, 0.1) is 13.8 Å². The molecule has 1 aliphatic heterocycles. The van der Waals surface area contributed by atoms with Gasteiger partial charge in [-0.05, 0) is 43.9 Å². The Morgan fingerprint density at radius 1 is 1.19 bits per heavy atom. The van der Waals surface area contributed by atoms with Crippen LogP contribution in [0.4, 0.5) is 11.9 Å². The van der Waals surface area contributed by atoms with E-state index in [1.807, 2.05) is 38.1 Å². The molecule has 3 aromatic heterocycles. The van der Waals surface area contributed by atoms with E-state index in [1.165, 1.54) is 0 Å². The first-order valence-corrected chi connectivity index (χ1v) is 11.8. The molecule has 2 aliphatic rings. The Balaban J connectivity index is 1.35. The van der Waals surface area contributed by atoms with Gasteiger partial charge in [0, 0.05) is 29.3 Å². The number of fused-ring (bicyclic) bond motifs is 1. The van der Waals surface area contributed by atoms with Crippen LogP contribution < -0.4 is 16.0 Å². The molecule has 36 heavy (non-hydrogen) atoms. The van der Waals surface area contributed by atoms with Gasteiger partial charge in [0.2, 0.25) is 17.8 Å². The van der Waals surface area contributed by atoms with Crippen LogP contribution in [0.25, 0.3) is 22.9 Å². The number of benzene rings is 1. The quantitative estimate of drug-likeness (QED) is 0.267. The lowest BCUT2D eigenvalue weighted by Gasteiger charge is -2.12. The summed E-state index contributed by atoms with van der Waals surface area (Å²) in [7, 11) is 0. The number of nitrogens with zero attached hydrogens (tertiary/aromatic N) is 5. The summed E-state index contributed by atoms with van der Waals surface area (Å²) >= 11 is 0. The molecule has 11 heteroatoms. The van der Waals surface area contributed by atoms with Gasteiger partial charge in [-0.15, -0.1) is 0 Å². The molecular formula is C25H24N8O3. The summed E-state index contributed by atoms with van der Waals surface area (Å²) in [5.41, 5.74) is 5.45. The molecule has 4 aromatic rings. The number of aryl methyl sites for hydroxylation is 2. The second-order valence-corrected chi connectivity index (χ2v) is 9.06. The van der Waals surface area contributed by atoms with Crippen LogP contribution in [-0.4, -0.2) is 42.6 Å². The predicted octanol–water partition coefficient (Wildman–Crippen LogP) is 3.01. The standard InChI is InChI=1S/C25H24N8O3/c1-13-21(14(2)36-32-13)19-6-4-3-5-15(19)11-26-24-30-22-17(9-16-10-20(34)29-23(16)35)12-27-33(22)25(31-24)28-18-7-8-18/h3-6,9,12,18H,7-8,10-11H2,1-2H3,(H,29,34,35)(H2,26,28,30,31)/b16-9+. The molecule has 11 nitrogen and oxygen atoms in total. The zero-order chi connectivity index (χ0) is 24.8. The number of rotatable bonds is 7. The van der Waals surface area contributed by atoms with Crippen LogP contribution in [0.1, 0.15) is 41.8 Å². The Morgan fingerprint density at radius 2 is 2.03 bits per heavy atom. The predicted molar refractivity (Wildman–Crippen MR) is 132 cm³/mol. The Labute approximate surface area is 206 Å². The maximum atomic E-state index is 12.1. The first-order chi connectivity index (χ1) is 17.5. The molecule has 0 radical (unpaired) electrons. The minimum atomic E-state index is -0.390. The van der Waals surface area contributed by atoms with Gasteiger partial charge in [0.1, 0.15) is 5.76 Å². The Bertz CT molecular complexity index is 1530. The summed E-state index contributed by atoms with van der Waals surface area (Å²) in [6.45, 7) is 4.30. The van der Waals surface area contributed by atoms with E-state index in [1.54, 1.807) is 16.8 Å². The molecule has 1 saturated carbocycles. The van der Waals surface area contributed by atoms with Crippen molar-refractivity contribution in [1.82, 2.24) is 30.1 Å². The number of hydrogen-bond donors (Lipinski definition) is 3. The van der Waals surface area contributed by atoms with Gasteiger partial charge in [-0.1, -0.05) is 29.4 Å². The largest absolute Gasteiger partial charge is 0.361 e. The Morgan fingerprint density at radius 3 is 2.75 bits per heavy atom. The lowest BCUT2D eigenvalue weighted by Crippen LogP contribution is -2.19. The second-order valence-electron chi connectivity index (χ2n) is 9.06. The highest BCUT2D eigenvalue weighted by molar-refractivity contribution is 6.15. The van der Waals surface area contributed by atoms with E-state index in [2.05, 4.69) is 31.2 Å². The first-order valence-electron chi connectivity index (χ1n) is 11.8. The van der Waals surface area contributed by atoms with E-state index < -0.39 is 0 Å². The number of hydrogen-bond acceptors (Lipinski definition) is 9. The normalized spacial score (nSPS) is 16.7. The van der Waals surface area contributed by atoms with E-state index >= 15 is 0 Å². The number of carbonyl (C=O) groups is 2. The van der Waals surface area contributed by atoms with Crippen molar-refractivity contribution in [2.75, 3.05) is 10.6 Å². The maximum absolute atomic E-state index is 12.1. The van der Waals surface area contributed by atoms with Gasteiger partial charge in [-0.2, -0.15) is 19.6 Å². The topological polar surface area (TPSA) is 139 Å². The molecule has 4 heterocycles. The molecule has 2 amide bonds. The number of imide groups is 1. The van der Waals surface area contributed by atoms with E-state index in [0.717, 1.165) is 41.0 Å². The SMILES string of the molecule is Cc1noc(C)c1-c1ccccc1CNc1nc(NC2CC2)n2ncc(/C=C3\CC(=O)NC3=O)c2n1. The Kier molecular flexibility index (Phi) is 5.24. The fourth-order valence-corrected chi connectivity index (χ4v) is 4.35. The van der Waals surface area contributed by atoms with Gasteiger partial charge < -0.3 is 15.2 Å². The van der Waals surface area contributed by atoms with Crippen molar-refractivity contribution < 1.29 is 14.1 Å². The van der Waals surface area contributed by atoms with E-state index in [-0.39, 0.29) is 18.2 Å². The van der Waals surface area contributed by atoms with Crippen LogP contribution in [-0.2, 0) is 16.1 Å². The van der Waals surface area contributed by atoms with Crippen molar-refractivity contribution in [2.45, 2.75) is 45.7 Å². The van der Waals surface area contributed by atoms with Gasteiger partial charge in [0.25, 0.3) is 5.91 Å². The van der Waals surface area contributed by atoms with Gasteiger partial charge in [-0.3, -0.25) is 14.9 Å². The summed E-state index contributed by atoms with van der Waals surface area (Å²) < 4.78 is 7.01. The average Bonchev–Trinajstić information content (AvgIpc) is 3.36. The van der Waals surface area contributed by atoms with Gasteiger partial charge in [-0.25, -0.2) is 0 Å². The van der Waals surface area contributed by atoms with Crippen molar-refractivity contribution in [3.05, 3.63) is 58.6 Å². The fourth-order valence-electron chi connectivity index (χ4n) is 4.35. The lowest BCUT2D eigenvalue weighted by atomic mass is 9.98. The summed E-state index contributed by atoms with van der Waals surface area (Å²) in [6, 6.07) is 8.41. The van der Waals surface area contributed by atoms with Crippen LogP contribution >= 0.6 is 0 Å². The Hall–Kier alpha value is -4.54. The molecule has 0 bridgehead atoms. The lowest BCUT2D eigenvalue weighted by molar-refractivity contribution is -0.124. The van der Waals surface area contributed by atoms with Gasteiger partial charge >= 0.3 is 0 Å². The summed E-state index contributed by atoms with van der Waals surface area (Å²) in [5, 5.41) is 17.6. The van der Waals surface area contributed by atoms with Gasteiger partial charge in [0.15, 0.2) is 5.65 Å². The van der Waals surface area contributed by atoms with Crippen LogP contribution in [0.15, 0.2) is 40.6 Å². The van der Waals surface area contributed by atoms with Crippen molar-refractivity contribution in [1.29, 1.82) is 0 Å². The molecule has 3 N–H and O–H groups in total. The summed E-state index contributed by atoms with van der Waals surface area (Å²) in [4.78, 5) is 33.1. The van der Waals surface area contributed by atoms with Gasteiger partial charge in [0.05, 0.1) is 18.3 Å². The van der Waals surface area contributed by atoms with Crippen LogP contribution in [0.5, 0.6) is 0 Å². The molecule has 1 saturated heterocycles. The molecule has 1 aromatic carbocycles. The van der Waals surface area contributed by atoms with Crippen molar-refractivity contribution >= 4 is 35.4 Å². The molecule has 0 atom stereocenters. The first kappa shape index (κ1) is 22.0. The van der Waals surface area contributed by atoms with E-state index in [0.29, 0.717) is 41.3 Å². The molecule has 2 fully saturated rings. The highest BCUT2D eigenvalue weighted by atomic mass is 16.5. The summed E-state index contributed by atoms with van der Waals surface area (Å²) in [5.74, 6) is 1.05. The van der Waals surface area contributed by atoms with Crippen molar-refractivity contribution in [3.63, 3.8) is 0 Å². The smallest absolute Gasteiger partial charge is 0.254 e. The molecule has 182 valence electrons. The molecule has 0 spiro atoms. The second kappa shape index (κ2) is 8.59. The minimum Gasteiger partial charge on any atom is -0.361 e. The average molecular weight is 485 g/mol. The zero-order valence-corrected chi connectivity index (χ0v) is 19.8. The van der Waals surface area contributed by atoms with E-state index in [9.17, 15) is 9.59 Å². The highest BCUT2D eigenvalue weighted by Crippen LogP contribution is 2.31. The highest BCUT2D eigenvalue weighted by Gasteiger charge is 2.26. The van der Waals surface area contributed by atoms with E-state index in [4.69, 9.17) is 9.51 Å². The number of amides is 2. The summed E-state index contributed by atoms with van der Waals surface area (Å²) in [6.07, 6.45) is 5.46. The zero-order valence-electron chi connectivity index (χ0n) is 19.8. The maximum Gasteiger partial charge on any atom is 0.254 e. The monoisotopic (exact) mass is 484 g/mol.